The van der Waals surface area contributed by atoms with Gasteiger partial charge in [0.25, 0.3) is 0 Å². The predicted molar refractivity (Wildman–Crippen MR) is 62.7 cm³/mol. The number of aliphatic hydroxyl groups excluding tert-OH is 1. The van der Waals surface area contributed by atoms with Crippen molar-refractivity contribution in [1.29, 1.82) is 0 Å². The summed E-state index contributed by atoms with van der Waals surface area (Å²) in [4.78, 5) is 2.41. The zero-order valence-corrected chi connectivity index (χ0v) is 9.29. The Kier molecular flexibility index (Phi) is 2.46. The van der Waals surface area contributed by atoms with E-state index in [4.69, 9.17) is 5.73 Å². The molecular formula is C13H18N2O. The van der Waals surface area contributed by atoms with Crippen LogP contribution in [0, 0.1) is 5.92 Å². The molecule has 0 spiro atoms. The monoisotopic (exact) mass is 218 g/mol. The van der Waals surface area contributed by atoms with E-state index < -0.39 is 0 Å². The normalized spacial score (nSPS) is 38.1. The Hall–Kier alpha value is -0.900. The molecule has 1 aliphatic carbocycles. The lowest BCUT2D eigenvalue weighted by Gasteiger charge is -2.34. The third-order valence-corrected chi connectivity index (χ3v) is 4.03. The van der Waals surface area contributed by atoms with E-state index >= 15 is 0 Å². The molecule has 0 aromatic heterocycles. The zero-order valence-electron chi connectivity index (χ0n) is 9.29. The van der Waals surface area contributed by atoms with Crippen LogP contribution in [0.15, 0.2) is 30.3 Å². The van der Waals surface area contributed by atoms with Crippen molar-refractivity contribution in [2.45, 2.75) is 31.2 Å². The molecule has 2 aliphatic rings. The van der Waals surface area contributed by atoms with Gasteiger partial charge < -0.3 is 10.8 Å². The quantitative estimate of drug-likeness (QED) is 0.763. The Bertz CT molecular complexity index is 365. The molecule has 1 aromatic carbocycles. The van der Waals surface area contributed by atoms with Crippen LogP contribution in [-0.2, 0) is 6.54 Å². The van der Waals surface area contributed by atoms with Crippen molar-refractivity contribution < 1.29 is 5.11 Å². The number of likely N-dealkylation sites (tertiary alicyclic amines) is 1. The van der Waals surface area contributed by atoms with Crippen molar-refractivity contribution in [2.24, 2.45) is 11.7 Å². The van der Waals surface area contributed by atoms with Crippen molar-refractivity contribution in [3.05, 3.63) is 35.9 Å². The molecule has 3 heteroatoms. The maximum absolute atomic E-state index is 9.82. The topological polar surface area (TPSA) is 49.5 Å². The van der Waals surface area contributed by atoms with E-state index in [1.165, 1.54) is 5.56 Å². The van der Waals surface area contributed by atoms with Gasteiger partial charge in [-0.25, -0.2) is 0 Å². The second-order valence-corrected chi connectivity index (χ2v) is 5.05. The third-order valence-electron chi connectivity index (χ3n) is 4.03. The maximum Gasteiger partial charge on any atom is 0.0747 e. The lowest BCUT2D eigenvalue weighted by molar-refractivity contribution is 0.0520. The number of fused-ring (bicyclic) bond motifs is 2. The average Bonchev–Trinajstić information content (AvgIpc) is 2.82. The third kappa shape index (κ3) is 1.56. The lowest BCUT2D eigenvalue weighted by Crippen LogP contribution is -2.52. The van der Waals surface area contributed by atoms with Gasteiger partial charge in [-0.05, 0) is 12.0 Å². The highest BCUT2D eigenvalue weighted by molar-refractivity contribution is 5.16. The molecule has 0 radical (unpaired) electrons. The Labute approximate surface area is 95.9 Å². The summed E-state index contributed by atoms with van der Waals surface area (Å²) in [5, 5.41) is 9.82. The number of rotatable bonds is 2. The van der Waals surface area contributed by atoms with E-state index in [2.05, 4.69) is 29.2 Å². The SMILES string of the molecule is NC1C(O)C2CC1N(Cc1ccccc1)C2. The van der Waals surface area contributed by atoms with Crippen LogP contribution in [0.25, 0.3) is 0 Å². The van der Waals surface area contributed by atoms with Crippen LogP contribution in [-0.4, -0.2) is 34.7 Å². The molecule has 1 heterocycles. The fourth-order valence-electron chi connectivity index (χ4n) is 3.16. The van der Waals surface area contributed by atoms with Gasteiger partial charge in [0.1, 0.15) is 0 Å². The Morgan fingerprint density at radius 1 is 1.31 bits per heavy atom. The number of benzene rings is 1. The maximum atomic E-state index is 9.82. The highest BCUT2D eigenvalue weighted by Gasteiger charge is 2.49. The molecule has 3 nitrogen and oxygen atoms in total. The van der Waals surface area contributed by atoms with Crippen LogP contribution < -0.4 is 5.73 Å². The minimum atomic E-state index is -0.281. The number of piperidine rings is 1. The molecule has 3 rings (SSSR count). The first-order valence-corrected chi connectivity index (χ1v) is 5.97. The van der Waals surface area contributed by atoms with Crippen molar-refractivity contribution in [1.82, 2.24) is 4.90 Å². The number of hydrogen-bond donors (Lipinski definition) is 2. The molecule has 2 bridgehead atoms. The summed E-state index contributed by atoms with van der Waals surface area (Å²) < 4.78 is 0. The van der Waals surface area contributed by atoms with Crippen LogP contribution >= 0.6 is 0 Å². The molecule has 2 fully saturated rings. The fraction of sp³-hybridized carbons (Fsp3) is 0.538. The van der Waals surface area contributed by atoms with Gasteiger partial charge in [-0.2, -0.15) is 0 Å². The molecule has 1 aliphatic heterocycles. The van der Waals surface area contributed by atoms with Crippen LogP contribution in [0.5, 0.6) is 0 Å². The first-order valence-electron chi connectivity index (χ1n) is 5.97. The first kappa shape index (κ1) is 10.3. The van der Waals surface area contributed by atoms with Gasteiger partial charge >= 0.3 is 0 Å². The van der Waals surface area contributed by atoms with Gasteiger partial charge in [-0.15, -0.1) is 0 Å². The largest absolute Gasteiger partial charge is 0.391 e. The van der Waals surface area contributed by atoms with E-state index in [1.807, 2.05) is 6.07 Å². The number of nitrogens with zero attached hydrogens (tertiary/aromatic N) is 1. The van der Waals surface area contributed by atoms with Gasteiger partial charge in [0, 0.05) is 31.1 Å². The minimum Gasteiger partial charge on any atom is -0.391 e. The van der Waals surface area contributed by atoms with Crippen molar-refractivity contribution in [3.8, 4) is 0 Å². The predicted octanol–water partition coefficient (Wildman–Crippen LogP) is 0.579. The van der Waals surface area contributed by atoms with E-state index in [1.54, 1.807) is 0 Å². The summed E-state index contributed by atoms with van der Waals surface area (Å²) >= 11 is 0. The van der Waals surface area contributed by atoms with Crippen LogP contribution in [0.4, 0.5) is 0 Å². The summed E-state index contributed by atoms with van der Waals surface area (Å²) in [6.45, 7) is 1.96. The highest BCUT2D eigenvalue weighted by atomic mass is 16.3. The molecular weight excluding hydrogens is 200 g/mol. The van der Waals surface area contributed by atoms with Crippen molar-refractivity contribution in [2.75, 3.05) is 6.54 Å². The lowest BCUT2D eigenvalue weighted by atomic mass is 10.0. The molecule has 1 saturated heterocycles. The van der Waals surface area contributed by atoms with Crippen molar-refractivity contribution in [3.63, 3.8) is 0 Å². The first-order chi connectivity index (χ1) is 7.75. The number of hydrogen-bond acceptors (Lipinski definition) is 3. The summed E-state index contributed by atoms with van der Waals surface area (Å²) in [6.07, 6.45) is 0.784. The molecule has 86 valence electrons. The van der Waals surface area contributed by atoms with Gasteiger partial charge in [0.2, 0.25) is 0 Å². The molecule has 1 aromatic rings. The molecule has 1 saturated carbocycles. The second-order valence-electron chi connectivity index (χ2n) is 5.05. The average molecular weight is 218 g/mol. The summed E-state index contributed by atoms with van der Waals surface area (Å²) in [5.74, 6) is 0.392. The molecule has 3 N–H and O–H groups in total. The minimum absolute atomic E-state index is 0.0533. The van der Waals surface area contributed by atoms with E-state index in [9.17, 15) is 5.11 Å². The zero-order chi connectivity index (χ0) is 11.1. The molecule has 4 unspecified atom stereocenters. The summed E-state index contributed by atoms with van der Waals surface area (Å²) in [5.41, 5.74) is 7.35. The van der Waals surface area contributed by atoms with E-state index in [-0.39, 0.29) is 12.1 Å². The fourth-order valence-corrected chi connectivity index (χ4v) is 3.16. The number of aliphatic hydroxyl groups is 1. The van der Waals surface area contributed by atoms with Crippen LogP contribution in [0.3, 0.4) is 0 Å². The van der Waals surface area contributed by atoms with Gasteiger partial charge in [-0.1, -0.05) is 30.3 Å². The van der Waals surface area contributed by atoms with Crippen LogP contribution in [0.2, 0.25) is 0 Å². The van der Waals surface area contributed by atoms with Crippen molar-refractivity contribution >= 4 is 0 Å². The summed E-state index contributed by atoms with van der Waals surface area (Å²) in [7, 11) is 0. The highest BCUT2D eigenvalue weighted by Crippen LogP contribution is 2.37. The van der Waals surface area contributed by atoms with Gasteiger partial charge in [0.15, 0.2) is 0 Å². The summed E-state index contributed by atoms with van der Waals surface area (Å²) in [6, 6.07) is 10.8. The molecule has 16 heavy (non-hydrogen) atoms. The van der Waals surface area contributed by atoms with E-state index in [0.717, 1.165) is 19.5 Å². The standard InChI is InChI=1S/C13H18N2O/c14-12-11-6-10(13(12)16)8-15(11)7-9-4-2-1-3-5-9/h1-5,10-13,16H,6-8,14H2. The smallest absolute Gasteiger partial charge is 0.0747 e. The van der Waals surface area contributed by atoms with E-state index in [0.29, 0.717) is 12.0 Å². The Morgan fingerprint density at radius 2 is 2.06 bits per heavy atom. The van der Waals surface area contributed by atoms with Gasteiger partial charge in [0.05, 0.1) is 6.10 Å². The Morgan fingerprint density at radius 3 is 2.69 bits per heavy atom. The Balaban J connectivity index is 1.71. The van der Waals surface area contributed by atoms with Crippen LogP contribution in [0.1, 0.15) is 12.0 Å². The number of nitrogens with two attached hydrogens (primary N) is 1. The molecule has 4 atom stereocenters. The van der Waals surface area contributed by atoms with Gasteiger partial charge in [-0.3, -0.25) is 4.90 Å². The second kappa shape index (κ2) is 3.84. The molecule has 0 amide bonds.